The van der Waals surface area contributed by atoms with Crippen LogP contribution in [0.25, 0.3) is 21.1 Å². The van der Waals surface area contributed by atoms with E-state index < -0.39 is 0 Å². The summed E-state index contributed by atoms with van der Waals surface area (Å²) in [6.07, 6.45) is 2.06. The van der Waals surface area contributed by atoms with Gasteiger partial charge in [-0.05, 0) is 43.5 Å². The van der Waals surface area contributed by atoms with Gasteiger partial charge in [-0.1, -0.05) is 48.5 Å². The average molecular weight is 441 g/mol. The van der Waals surface area contributed by atoms with E-state index in [2.05, 4.69) is 50.7 Å². The van der Waals surface area contributed by atoms with E-state index in [1.54, 1.807) is 0 Å². The number of carbonyl (C=O) groups is 1. The van der Waals surface area contributed by atoms with Gasteiger partial charge in [0.2, 0.25) is 0 Å². The fraction of sp³-hybridized carbons (Fsp3) is 0.192. The Morgan fingerprint density at radius 1 is 1.03 bits per heavy atom. The Hall–Kier alpha value is -3.51. The second kappa shape index (κ2) is 8.20. The van der Waals surface area contributed by atoms with Crippen LogP contribution in [0.1, 0.15) is 43.8 Å². The molecule has 0 saturated carbocycles. The highest BCUT2D eigenvalue weighted by Gasteiger charge is 2.22. The second-order valence-electron chi connectivity index (χ2n) is 8.06. The van der Waals surface area contributed by atoms with Gasteiger partial charge < -0.3 is 10.3 Å². The fourth-order valence-electron chi connectivity index (χ4n) is 4.44. The van der Waals surface area contributed by atoms with Gasteiger partial charge in [0.25, 0.3) is 5.91 Å². The lowest BCUT2D eigenvalue weighted by Gasteiger charge is -2.18. The summed E-state index contributed by atoms with van der Waals surface area (Å²) in [6.45, 7) is 6.34. The molecular formula is C26H24N4OS. The first kappa shape index (κ1) is 20.4. The molecule has 1 atom stereocenters. The van der Waals surface area contributed by atoms with E-state index in [9.17, 15) is 4.79 Å². The molecule has 1 amide bonds. The SMILES string of the molecule is Cc1nc(C)c2c(C)c(C(=O)NCC(c3ccccc3)c3c[nH]c4ccccc34)sc2n1. The largest absolute Gasteiger partial charge is 0.361 e. The molecule has 3 aromatic heterocycles. The molecule has 0 aliphatic heterocycles. The predicted octanol–water partition coefficient (Wildman–Crippen LogP) is 5.66. The van der Waals surface area contributed by atoms with E-state index in [4.69, 9.17) is 0 Å². The van der Waals surface area contributed by atoms with E-state index in [0.29, 0.717) is 11.4 Å². The number of rotatable bonds is 5. The zero-order chi connectivity index (χ0) is 22.2. The zero-order valence-electron chi connectivity index (χ0n) is 18.3. The molecule has 6 heteroatoms. The molecule has 0 radical (unpaired) electrons. The summed E-state index contributed by atoms with van der Waals surface area (Å²) < 4.78 is 0. The van der Waals surface area contributed by atoms with Crippen molar-refractivity contribution in [1.29, 1.82) is 0 Å². The van der Waals surface area contributed by atoms with E-state index in [-0.39, 0.29) is 11.8 Å². The molecule has 0 spiro atoms. The molecule has 0 saturated heterocycles. The van der Waals surface area contributed by atoms with Crippen molar-refractivity contribution < 1.29 is 4.79 Å². The minimum atomic E-state index is -0.0664. The lowest BCUT2D eigenvalue weighted by Crippen LogP contribution is -2.28. The van der Waals surface area contributed by atoms with Crippen LogP contribution in [0.5, 0.6) is 0 Å². The zero-order valence-corrected chi connectivity index (χ0v) is 19.1. The van der Waals surface area contributed by atoms with Crippen LogP contribution < -0.4 is 5.32 Å². The van der Waals surface area contributed by atoms with Gasteiger partial charge in [0, 0.05) is 40.6 Å². The monoisotopic (exact) mass is 440 g/mol. The minimum Gasteiger partial charge on any atom is -0.361 e. The minimum absolute atomic E-state index is 0.0368. The van der Waals surface area contributed by atoms with Crippen molar-refractivity contribution in [2.75, 3.05) is 6.54 Å². The molecule has 0 aliphatic carbocycles. The molecule has 5 rings (SSSR count). The number of fused-ring (bicyclic) bond motifs is 2. The van der Waals surface area contributed by atoms with Gasteiger partial charge in [-0.15, -0.1) is 11.3 Å². The summed E-state index contributed by atoms with van der Waals surface area (Å²) >= 11 is 1.44. The third kappa shape index (κ3) is 3.56. The summed E-state index contributed by atoms with van der Waals surface area (Å²) in [5.74, 6) is 0.699. The number of amides is 1. The Bertz CT molecular complexity index is 1430. The number of carbonyl (C=O) groups excluding carboxylic acids is 1. The lowest BCUT2D eigenvalue weighted by molar-refractivity contribution is 0.0956. The van der Waals surface area contributed by atoms with E-state index in [1.165, 1.54) is 27.8 Å². The smallest absolute Gasteiger partial charge is 0.261 e. The third-order valence-corrected chi connectivity index (χ3v) is 7.14. The lowest BCUT2D eigenvalue weighted by atomic mass is 9.91. The number of benzene rings is 2. The van der Waals surface area contributed by atoms with Crippen molar-refractivity contribution in [3.05, 3.63) is 93.9 Å². The molecule has 0 aliphatic rings. The van der Waals surface area contributed by atoms with Crippen molar-refractivity contribution >= 4 is 38.4 Å². The van der Waals surface area contributed by atoms with Gasteiger partial charge in [-0.2, -0.15) is 0 Å². The molecule has 2 N–H and O–H groups in total. The number of hydrogen-bond acceptors (Lipinski definition) is 4. The first-order chi connectivity index (χ1) is 15.5. The number of nitrogens with zero attached hydrogens (tertiary/aromatic N) is 2. The topological polar surface area (TPSA) is 70.7 Å². The molecule has 5 nitrogen and oxygen atoms in total. The van der Waals surface area contributed by atoms with Gasteiger partial charge in [0.15, 0.2) is 0 Å². The second-order valence-corrected chi connectivity index (χ2v) is 9.05. The summed E-state index contributed by atoms with van der Waals surface area (Å²) in [4.78, 5) is 27.2. The van der Waals surface area contributed by atoms with Crippen LogP contribution in [0.2, 0.25) is 0 Å². The number of aryl methyl sites for hydroxylation is 3. The maximum Gasteiger partial charge on any atom is 0.261 e. The van der Waals surface area contributed by atoms with Crippen LogP contribution in [-0.2, 0) is 0 Å². The standard InChI is InChI=1S/C26H24N4OS/c1-15-23-16(2)29-17(3)30-26(23)32-24(15)25(31)28-13-20(18-9-5-4-6-10-18)21-14-27-22-12-8-7-11-19(21)22/h4-12,14,20,27H,13H2,1-3H3,(H,28,31). The van der Waals surface area contributed by atoms with Gasteiger partial charge >= 0.3 is 0 Å². The first-order valence-corrected chi connectivity index (χ1v) is 11.5. The highest BCUT2D eigenvalue weighted by Crippen LogP contribution is 2.33. The number of thiophene rings is 1. The predicted molar refractivity (Wildman–Crippen MR) is 131 cm³/mol. The molecule has 0 bridgehead atoms. The van der Waals surface area contributed by atoms with Crippen molar-refractivity contribution in [3.63, 3.8) is 0 Å². The van der Waals surface area contributed by atoms with E-state index >= 15 is 0 Å². The van der Waals surface area contributed by atoms with Crippen LogP contribution in [0.4, 0.5) is 0 Å². The molecule has 2 aromatic carbocycles. The summed E-state index contributed by atoms with van der Waals surface area (Å²) in [5, 5.41) is 5.36. The quantitative estimate of drug-likeness (QED) is 0.370. The highest BCUT2D eigenvalue weighted by atomic mass is 32.1. The van der Waals surface area contributed by atoms with Gasteiger partial charge in [0.1, 0.15) is 10.7 Å². The van der Waals surface area contributed by atoms with Crippen molar-refractivity contribution in [1.82, 2.24) is 20.3 Å². The number of H-pyrrole nitrogens is 1. The van der Waals surface area contributed by atoms with Crippen LogP contribution in [0.15, 0.2) is 60.8 Å². The molecule has 5 aromatic rings. The van der Waals surface area contributed by atoms with Crippen molar-refractivity contribution in [2.24, 2.45) is 0 Å². The summed E-state index contributed by atoms with van der Waals surface area (Å²) in [6, 6.07) is 18.6. The van der Waals surface area contributed by atoms with Crippen molar-refractivity contribution in [2.45, 2.75) is 26.7 Å². The van der Waals surface area contributed by atoms with Crippen LogP contribution in [0, 0.1) is 20.8 Å². The van der Waals surface area contributed by atoms with Crippen LogP contribution in [0.3, 0.4) is 0 Å². The number of hydrogen-bond donors (Lipinski definition) is 2. The maximum absolute atomic E-state index is 13.2. The van der Waals surface area contributed by atoms with E-state index in [0.717, 1.165) is 32.8 Å². The Labute approximate surface area is 190 Å². The normalized spacial score (nSPS) is 12.3. The van der Waals surface area contributed by atoms with Gasteiger partial charge in [-0.3, -0.25) is 4.79 Å². The molecule has 3 heterocycles. The number of aromatic amines is 1. The Morgan fingerprint density at radius 3 is 2.59 bits per heavy atom. The van der Waals surface area contributed by atoms with Gasteiger partial charge in [0.05, 0.1) is 4.88 Å². The molecule has 160 valence electrons. The van der Waals surface area contributed by atoms with Crippen LogP contribution >= 0.6 is 11.3 Å². The summed E-state index contributed by atoms with van der Waals surface area (Å²) in [5.41, 5.74) is 5.31. The molecule has 32 heavy (non-hydrogen) atoms. The number of para-hydroxylation sites is 1. The van der Waals surface area contributed by atoms with Gasteiger partial charge in [-0.25, -0.2) is 9.97 Å². The Kier molecular flexibility index (Phi) is 5.23. The number of aromatic nitrogens is 3. The Morgan fingerprint density at radius 2 is 1.78 bits per heavy atom. The summed E-state index contributed by atoms with van der Waals surface area (Å²) in [7, 11) is 0. The molecule has 1 unspecified atom stereocenters. The highest BCUT2D eigenvalue weighted by molar-refractivity contribution is 7.20. The van der Waals surface area contributed by atoms with Crippen LogP contribution in [-0.4, -0.2) is 27.4 Å². The van der Waals surface area contributed by atoms with E-state index in [1.807, 2.05) is 51.1 Å². The average Bonchev–Trinajstić information content (AvgIpc) is 3.36. The molecular weight excluding hydrogens is 416 g/mol. The fourth-order valence-corrected chi connectivity index (χ4v) is 5.63. The Balaban J connectivity index is 1.48. The first-order valence-electron chi connectivity index (χ1n) is 10.7. The number of nitrogens with one attached hydrogen (secondary N) is 2. The maximum atomic E-state index is 13.2. The third-order valence-electron chi connectivity index (χ3n) is 5.95. The molecule has 0 fully saturated rings. The van der Waals surface area contributed by atoms with Crippen molar-refractivity contribution in [3.8, 4) is 0 Å².